The van der Waals surface area contributed by atoms with Crippen molar-refractivity contribution in [1.29, 1.82) is 0 Å². The van der Waals surface area contributed by atoms with Crippen molar-refractivity contribution in [2.45, 2.75) is 75.8 Å². The van der Waals surface area contributed by atoms with Crippen molar-refractivity contribution in [2.24, 2.45) is 0 Å². The van der Waals surface area contributed by atoms with Crippen LogP contribution in [0.5, 0.6) is 0 Å². The Morgan fingerprint density at radius 1 is 0.971 bits per heavy atom. The maximum Gasteiger partial charge on any atom is 0.424 e. The van der Waals surface area contributed by atoms with Crippen LogP contribution in [0, 0.1) is 0 Å². The predicted octanol–water partition coefficient (Wildman–Crippen LogP) is 6.81. The van der Waals surface area contributed by atoms with Gasteiger partial charge in [0, 0.05) is 22.6 Å². The molecule has 1 aliphatic carbocycles. The number of sulfonamides is 1. The Labute approximate surface area is 212 Å². The van der Waals surface area contributed by atoms with Crippen molar-refractivity contribution in [3.63, 3.8) is 0 Å². The second-order valence-electron chi connectivity index (χ2n) is 10.9. The number of ether oxygens (including phenoxy) is 1. The average Bonchev–Trinajstić information content (AvgIpc) is 3.39. The van der Waals surface area contributed by atoms with Crippen LogP contribution in [0.15, 0.2) is 65.7 Å². The maximum atomic E-state index is 13.4. The Balaban J connectivity index is 1.52. The van der Waals surface area contributed by atoms with Crippen LogP contribution >= 0.6 is 11.3 Å². The van der Waals surface area contributed by atoms with Gasteiger partial charge in [-0.05, 0) is 71.6 Å². The predicted molar refractivity (Wildman–Crippen MR) is 139 cm³/mol. The van der Waals surface area contributed by atoms with E-state index in [1.165, 1.54) is 4.88 Å². The molecule has 0 N–H and O–H groups in total. The lowest BCUT2D eigenvalue weighted by molar-refractivity contribution is 0.0282. The normalized spacial score (nSPS) is 18.2. The second-order valence-corrected chi connectivity index (χ2v) is 13.7. The summed E-state index contributed by atoms with van der Waals surface area (Å²) in [6.07, 6.45) is 2.09. The topological polar surface area (TPSA) is 76.6 Å². The van der Waals surface area contributed by atoms with Crippen LogP contribution in [0.3, 0.4) is 0 Å². The molecule has 186 valence electrons. The molecule has 6 nitrogen and oxygen atoms in total. The summed E-state index contributed by atoms with van der Waals surface area (Å²) in [6.45, 7) is 10.2. The first-order valence-electron chi connectivity index (χ1n) is 11.7. The first-order chi connectivity index (χ1) is 16.3. The number of hydrogen-bond donors (Lipinski definition) is 0. The lowest BCUT2D eigenvalue weighted by Gasteiger charge is -2.35. The van der Waals surface area contributed by atoms with E-state index in [0.717, 1.165) is 26.9 Å². The molecule has 0 saturated heterocycles. The second kappa shape index (κ2) is 9.06. The first-order valence-corrected chi connectivity index (χ1v) is 13.9. The minimum absolute atomic E-state index is 0.0726. The molecular weight excluding hydrogens is 480 g/mol. The summed E-state index contributed by atoms with van der Waals surface area (Å²) in [7, 11) is -4.09. The Morgan fingerprint density at radius 2 is 1.60 bits per heavy atom. The minimum atomic E-state index is -4.09. The summed E-state index contributed by atoms with van der Waals surface area (Å²) in [5.41, 5.74) is 0.411. The average molecular weight is 513 g/mol. The van der Waals surface area contributed by atoms with E-state index in [1.54, 1.807) is 65.0 Å². The lowest BCUT2D eigenvalue weighted by Crippen LogP contribution is -2.51. The summed E-state index contributed by atoms with van der Waals surface area (Å²) in [5, 5.41) is 1.01. The molecule has 3 aromatic rings. The number of thiazole rings is 1. The quantitative estimate of drug-likeness (QED) is 0.375. The molecule has 35 heavy (non-hydrogen) atoms. The van der Waals surface area contributed by atoms with Gasteiger partial charge in [-0.25, -0.2) is 18.2 Å². The molecule has 1 amide bonds. The SMILES string of the molecule is CC(C)(C)OC(=O)N(C(C)(C)C)S(=O)(=O)c1ccc([C@@H]2C[C@H]2c2cnc(-c3ccccc3)s2)cc1. The zero-order valence-electron chi connectivity index (χ0n) is 21.0. The first kappa shape index (κ1) is 25.4. The number of rotatable bonds is 5. The Morgan fingerprint density at radius 3 is 2.17 bits per heavy atom. The van der Waals surface area contributed by atoms with E-state index >= 15 is 0 Å². The van der Waals surface area contributed by atoms with Crippen molar-refractivity contribution in [3.8, 4) is 10.6 Å². The van der Waals surface area contributed by atoms with Crippen molar-refractivity contribution in [1.82, 2.24) is 9.29 Å². The molecule has 1 fully saturated rings. The van der Waals surface area contributed by atoms with Crippen LogP contribution in [0.25, 0.3) is 10.6 Å². The van der Waals surface area contributed by atoms with Crippen LogP contribution in [-0.2, 0) is 14.8 Å². The smallest absolute Gasteiger partial charge is 0.424 e. The molecule has 8 heteroatoms. The van der Waals surface area contributed by atoms with E-state index in [2.05, 4.69) is 17.1 Å². The maximum absolute atomic E-state index is 13.4. The third kappa shape index (κ3) is 5.59. The van der Waals surface area contributed by atoms with E-state index in [1.807, 2.05) is 36.5 Å². The Hall–Kier alpha value is -2.71. The molecule has 0 aliphatic heterocycles. The summed E-state index contributed by atoms with van der Waals surface area (Å²) < 4.78 is 33.1. The minimum Gasteiger partial charge on any atom is -0.443 e. The van der Waals surface area contributed by atoms with Crippen LogP contribution in [-0.4, -0.2) is 34.9 Å². The number of carbonyl (C=O) groups is 1. The standard InChI is InChI=1S/C27H32N2O4S2/c1-26(2,3)29(25(30)33-27(4,5)6)35(31,32)20-14-12-18(13-15-20)21-16-22(21)23-17-28-24(34-23)19-10-8-7-9-11-19/h7-15,17,21-22H,16H2,1-6H3/t21-,22+/m0/s1. The number of carbonyl (C=O) groups excluding carboxylic acids is 1. The molecule has 1 aliphatic rings. The number of nitrogens with zero attached hydrogens (tertiary/aromatic N) is 2. The zero-order valence-corrected chi connectivity index (χ0v) is 22.6. The highest BCUT2D eigenvalue weighted by Gasteiger charge is 2.43. The van der Waals surface area contributed by atoms with E-state index in [4.69, 9.17) is 4.74 Å². The van der Waals surface area contributed by atoms with Gasteiger partial charge in [0.15, 0.2) is 0 Å². The van der Waals surface area contributed by atoms with Crippen molar-refractivity contribution in [2.75, 3.05) is 0 Å². The summed E-state index contributed by atoms with van der Waals surface area (Å²) in [6, 6.07) is 17.0. The van der Waals surface area contributed by atoms with E-state index in [0.29, 0.717) is 11.8 Å². The fourth-order valence-electron chi connectivity index (χ4n) is 4.08. The van der Waals surface area contributed by atoms with Gasteiger partial charge in [-0.3, -0.25) is 0 Å². The Kier molecular flexibility index (Phi) is 6.57. The van der Waals surface area contributed by atoms with Gasteiger partial charge in [-0.1, -0.05) is 42.5 Å². The van der Waals surface area contributed by atoms with E-state index in [9.17, 15) is 13.2 Å². The molecule has 4 rings (SSSR count). The molecule has 0 unspecified atom stereocenters. The van der Waals surface area contributed by atoms with Crippen LogP contribution in [0.1, 0.15) is 70.2 Å². The highest BCUT2D eigenvalue weighted by Crippen LogP contribution is 2.56. The Bertz CT molecular complexity index is 1300. The number of aromatic nitrogens is 1. The van der Waals surface area contributed by atoms with Gasteiger partial charge >= 0.3 is 6.09 Å². The molecule has 2 aromatic carbocycles. The third-order valence-electron chi connectivity index (χ3n) is 5.72. The van der Waals surface area contributed by atoms with Crippen molar-refractivity contribution < 1.29 is 17.9 Å². The fourth-order valence-corrected chi connectivity index (χ4v) is 6.82. The van der Waals surface area contributed by atoms with Gasteiger partial charge in [0.25, 0.3) is 10.0 Å². The highest BCUT2D eigenvalue weighted by atomic mass is 32.2. The molecular formula is C27H32N2O4S2. The molecule has 0 spiro atoms. The zero-order chi connectivity index (χ0) is 25.6. The number of hydrogen-bond acceptors (Lipinski definition) is 6. The number of amides is 1. The molecule has 2 atom stereocenters. The van der Waals surface area contributed by atoms with Crippen molar-refractivity contribution >= 4 is 27.5 Å². The van der Waals surface area contributed by atoms with Gasteiger partial charge in [0.05, 0.1) is 10.4 Å². The summed E-state index contributed by atoms with van der Waals surface area (Å²) >= 11 is 1.71. The summed E-state index contributed by atoms with van der Waals surface area (Å²) in [5.74, 6) is 0.723. The van der Waals surface area contributed by atoms with Crippen molar-refractivity contribution in [3.05, 3.63) is 71.2 Å². The van der Waals surface area contributed by atoms with Gasteiger partial charge in [0.2, 0.25) is 0 Å². The molecule has 1 heterocycles. The van der Waals surface area contributed by atoms with Gasteiger partial charge in [-0.15, -0.1) is 11.3 Å². The monoisotopic (exact) mass is 512 g/mol. The van der Waals surface area contributed by atoms with E-state index < -0.39 is 27.3 Å². The third-order valence-corrected chi connectivity index (χ3v) is 8.94. The van der Waals surface area contributed by atoms with Crippen LogP contribution < -0.4 is 0 Å². The van der Waals surface area contributed by atoms with Gasteiger partial charge < -0.3 is 4.74 Å². The fraction of sp³-hybridized carbons (Fsp3) is 0.407. The van der Waals surface area contributed by atoms with Crippen LogP contribution in [0.4, 0.5) is 4.79 Å². The summed E-state index contributed by atoms with van der Waals surface area (Å²) in [4.78, 5) is 18.7. The van der Waals surface area contributed by atoms with E-state index in [-0.39, 0.29) is 4.90 Å². The number of benzene rings is 2. The molecule has 1 aromatic heterocycles. The molecule has 1 saturated carbocycles. The van der Waals surface area contributed by atoms with Crippen LogP contribution in [0.2, 0.25) is 0 Å². The van der Waals surface area contributed by atoms with Gasteiger partial charge in [0.1, 0.15) is 10.6 Å². The highest BCUT2D eigenvalue weighted by molar-refractivity contribution is 7.89. The largest absolute Gasteiger partial charge is 0.443 e. The lowest BCUT2D eigenvalue weighted by atomic mass is 10.1. The molecule has 0 radical (unpaired) electrons. The molecule has 0 bridgehead atoms. The van der Waals surface area contributed by atoms with Gasteiger partial charge in [-0.2, -0.15) is 4.31 Å².